The summed E-state index contributed by atoms with van der Waals surface area (Å²) in [6, 6.07) is 4.48. The molecule has 0 aliphatic heterocycles. The highest BCUT2D eigenvalue weighted by Gasteiger charge is 2.12. The van der Waals surface area contributed by atoms with E-state index in [2.05, 4.69) is 39.0 Å². The van der Waals surface area contributed by atoms with E-state index in [1.165, 1.54) is 16.7 Å². The maximum atomic E-state index is 2.36. The zero-order chi connectivity index (χ0) is 9.42. The summed E-state index contributed by atoms with van der Waals surface area (Å²) in [4.78, 5) is 0. The van der Waals surface area contributed by atoms with Gasteiger partial charge in [-0.25, -0.2) is 0 Å². The summed E-state index contributed by atoms with van der Waals surface area (Å²) in [6.07, 6.45) is 4.65. The molecule has 0 unspecified atom stereocenters. The Morgan fingerprint density at radius 1 is 0.923 bits per heavy atom. The first-order chi connectivity index (χ1) is 6.18. The largest absolute Gasteiger partial charge is 0.0809 e. The molecule has 0 spiro atoms. The van der Waals surface area contributed by atoms with Gasteiger partial charge in [0, 0.05) is 0 Å². The van der Waals surface area contributed by atoms with Gasteiger partial charge in [-0.2, -0.15) is 0 Å². The standard InChI is InChI=1S/C13H16/c1-9-4-7-12-10(2)5-6-11(3)13(12)8-9/h4-6H,7-8H2,1-3H3. The molecule has 0 fully saturated rings. The van der Waals surface area contributed by atoms with Crippen LogP contribution in [0.2, 0.25) is 0 Å². The van der Waals surface area contributed by atoms with Crippen LogP contribution in [0.15, 0.2) is 23.8 Å². The van der Waals surface area contributed by atoms with Crippen molar-refractivity contribution in [3.63, 3.8) is 0 Å². The van der Waals surface area contributed by atoms with Crippen molar-refractivity contribution in [2.75, 3.05) is 0 Å². The Kier molecular flexibility index (Phi) is 1.99. The molecule has 68 valence electrons. The van der Waals surface area contributed by atoms with Crippen LogP contribution in [0.3, 0.4) is 0 Å². The van der Waals surface area contributed by atoms with E-state index in [-0.39, 0.29) is 0 Å². The molecule has 0 atom stereocenters. The lowest BCUT2D eigenvalue weighted by atomic mass is 9.86. The van der Waals surface area contributed by atoms with Crippen molar-refractivity contribution in [3.05, 3.63) is 46.0 Å². The minimum atomic E-state index is 1.13. The van der Waals surface area contributed by atoms with Gasteiger partial charge in [-0.3, -0.25) is 0 Å². The lowest BCUT2D eigenvalue weighted by Crippen LogP contribution is -2.05. The van der Waals surface area contributed by atoms with Crippen LogP contribution in [0.25, 0.3) is 0 Å². The monoisotopic (exact) mass is 172 g/mol. The molecule has 13 heavy (non-hydrogen) atoms. The lowest BCUT2D eigenvalue weighted by Gasteiger charge is -2.19. The van der Waals surface area contributed by atoms with E-state index < -0.39 is 0 Å². The summed E-state index contributed by atoms with van der Waals surface area (Å²) in [5.41, 5.74) is 7.55. The summed E-state index contributed by atoms with van der Waals surface area (Å²) < 4.78 is 0. The molecule has 0 heteroatoms. The number of fused-ring (bicyclic) bond motifs is 1. The number of hydrogen-bond acceptors (Lipinski definition) is 0. The first-order valence-corrected chi connectivity index (χ1v) is 4.92. The third kappa shape index (κ3) is 1.41. The molecule has 0 N–H and O–H groups in total. The van der Waals surface area contributed by atoms with E-state index in [9.17, 15) is 0 Å². The molecule has 0 bridgehead atoms. The zero-order valence-corrected chi connectivity index (χ0v) is 8.65. The fraction of sp³-hybridized carbons (Fsp3) is 0.385. The summed E-state index contributed by atoms with van der Waals surface area (Å²) in [6.45, 7) is 6.66. The van der Waals surface area contributed by atoms with E-state index in [1.807, 2.05) is 0 Å². The van der Waals surface area contributed by atoms with Crippen molar-refractivity contribution in [1.82, 2.24) is 0 Å². The predicted octanol–water partition coefficient (Wildman–Crippen LogP) is 3.35. The Bertz CT molecular complexity index is 370. The zero-order valence-electron chi connectivity index (χ0n) is 8.65. The smallest absolute Gasteiger partial charge is 0.00642 e. The maximum absolute atomic E-state index is 2.36. The van der Waals surface area contributed by atoms with E-state index >= 15 is 0 Å². The minimum absolute atomic E-state index is 1.13. The second kappa shape index (κ2) is 3.02. The minimum Gasteiger partial charge on any atom is -0.0809 e. The van der Waals surface area contributed by atoms with E-state index in [1.54, 1.807) is 11.1 Å². The van der Waals surface area contributed by atoms with Crippen molar-refractivity contribution in [3.8, 4) is 0 Å². The lowest BCUT2D eigenvalue weighted by molar-refractivity contribution is 0.986. The van der Waals surface area contributed by atoms with Gasteiger partial charge in [0.1, 0.15) is 0 Å². The van der Waals surface area contributed by atoms with Crippen molar-refractivity contribution < 1.29 is 0 Å². The fourth-order valence-electron chi connectivity index (χ4n) is 2.08. The number of aryl methyl sites for hydroxylation is 2. The van der Waals surface area contributed by atoms with Crippen LogP contribution in [-0.2, 0) is 12.8 Å². The molecule has 1 aliphatic carbocycles. The molecule has 0 amide bonds. The molecule has 0 aromatic heterocycles. The Labute approximate surface area is 80.3 Å². The molecule has 1 aromatic rings. The van der Waals surface area contributed by atoms with Gasteiger partial charge >= 0.3 is 0 Å². The Morgan fingerprint density at radius 3 is 2.23 bits per heavy atom. The van der Waals surface area contributed by atoms with Crippen LogP contribution in [-0.4, -0.2) is 0 Å². The topological polar surface area (TPSA) is 0 Å². The normalized spacial score (nSPS) is 15.2. The molecule has 0 saturated carbocycles. The van der Waals surface area contributed by atoms with Gasteiger partial charge in [-0.15, -0.1) is 0 Å². The Hall–Kier alpha value is -1.04. The van der Waals surface area contributed by atoms with Gasteiger partial charge < -0.3 is 0 Å². The fourth-order valence-corrected chi connectivity index (χ4v) is 2.08. The number of allylic oxidation sites excluding steroid dienone is 2. The molecule has 0 saturated heterocycles. The third-order valence-electron chi connectivity index (χ3n) is 3.01. The first kappa shape index (κ1) is 8.55. The number of rotatable bonds is 0. The van der Waals surface area contributed by atoms with Crippen LogP contribution in [0.4, 0.5) is 0 Å². The highest BCUT2D eigenvalue weighted by molar-refractivity contribution is 5.45. The SMILES string of the molecule is CC1=CCc2c(C)ccc(C)c2C1. The van der Waals surface area contributed by atoms with Gasteiger partial charge in [-0.1, -0.05) is 23.8 Å². The molecule has 0 heterocycles. The quantitative estimate of drug-likeness (QED) is 0.526. The average molecular weight is 172 g/mol. The van der Waals surface area contributed by atoms with Gasteiger partial charge in [0.2, 0.25) is 0 Å². The van der Waals surface area contributed by atoms with Crippen LogP contribution in [0, 0.1) is 13.8 Å². The molecule has 1 aromatic carbocycles. The molecular formula is C13H16. The maximum Gasteiger partial charge on any atom is -0.00642 e. The third-order valence-corrected chi connectivity index (χ3v) is 3.01. The van der Waals surface area contributed by atoms with E-state index in [0.717, 1.165) is 12.8 Å². The van der Waals surface area contributed by atoms with Crippen molar-refractivity contribution in [1.29, 1.82) is 0 Å². The van der Waals surface area contributed by atoms with Gasteiger partial charge in [-0.05, 0) is 55.9 Å². The summed E-state index contributed by atoms with van der Waals surface area (Å²) in [5, 5.41) is 0. The Balaban J connectivity index is 2.56. The predicted molar refractivity (Wildman–Crippen MR) is 57.1 cm³/mol. The van der Waals surface area contributed by atoms with E-state index in [4.69, 9.17) is 0 Å². The van der Waals surface area contributed by atoms with Crippen LogP contribution in [0.5, 0.6) is 0 Å². The molecular weight excluding hydrogens is 156 g/mol. The van der Waals surface area contributed by atoms with Crippen LogP contribution < -0.4 is 0 Å². The molecule has 2 rings (SSSR count). The number of benzene rings is 1. The second-order valence-electron chi connectivity index (χ2n) is 4.09. The van der Waals surface area contributed by atoms with Gasteiger partial charge in [0.25, 0.3) is 0 Å². The summed E-state index contributed by atoms with van der Waals surface area (Å²) in [5.74, 6) is 0. The molecule has 0 radical (unpaired) electrons. The second-order valence-corrected chi connectivity index (χ2v) is 4.09. The van der Waals surface area contributed by atoms with E-state index in [0.29, 0.717) is 0 Å². The Morgan fingerprint density at radius 2 is 1.54 bits per heavy atom. The van der Waals surface area contributed by atoms with Crippen LogP contribution >= 0.6 is 0 Å². The van der Waals surface area contributed by atoms with Crippen molar-refractivity contribution in [2.24, 2.45) is 0 Å². The molecule has 1 aliphatic rings. The highest BCUT2D eigenvalue weighted by Crippen LogP contribution is 2.26. The molecule has 0 nitrogen and oxygen atoms in total. The summed E-state index contributed by atoms with van der Waals surface area (Å²) in [7, 11) is 0. The average Bonchev–Trinajstić information content (AvgIpc) is 2.12. The summed E-state index contributed by atoms with van der Waals surface area (Å²) >= 11 is 0. The highest BCUT2D eigenvalue weighted by atomic mass is 14.2. The van der Waals surface area contributed by atoms with Crippen molar-refractivity contribution in [2.45, 2.75) is 33.6 Å². The first-order valence-electron chi connectivity index (χ1n) is 4.92. The van der Waals surface area contributed by atoms with Crippen molar-refractivity contribution >= 4 is 0 Å². The van der Waals surface area contributed by atoms with Crippen LogP contribution in [0.1, 0.15) is 29.2 Å². The van der Waals surface area contributed by atoms with Gasteiger partial charge in [0.05, 0.1) is 0 Å². The van der Waals surface area contributed by atoms with Gasteiger partial charge in [0.15, 0.2) is 0 Å². The number of hydrogen-bond donors (Lipinski definition) is 0.